The van der Waals surface area contributed by atoms with Gasteiger partial charge in [-0.25, -0.2) is 0 Å². The standard InChI is InChI=1S/C24H26ClN5O2/c1-26-22(31)17-28-11-13-29(14-12-28)24(32)21-16-30(15-18-5-3-2-4-6-18)27-23(21)19-7-9-20(25)10-8-19/h2-10,16H,11-15,17H2,1H3,(H,26,31). The summed E-state index contributed by atoms with van der Waals surface area (Å²) in [6, 6.07) is 17.4. The van der Waals surface area contributed by atoms with Crippen LogP contribution in [0.2, 0.25) is 5.02 Å². The van der Waals surface area contributed by atoms with E-state index in [0.29, 0.717) is 55.5 Å². The van der Waals surface area contributed by atoms with Crippen molar-refractivity contribution in [3.05, 3.63) is 76.9 Å². The Morgan fingerprint density at radius 1 is 1.00 bits per heavy atom. The van der Waals surface area contributed by atoms with Gasteiger partial charge >= 0.3 is 0 Å². The number of hydrogen-bond acceptors (Lipinski definition) is 4. The summed E-state index contributed by atoms with van der Waals surface area (Å²) in [7, 11) is 1.63. The fourth-order valence-corrected chi connectivity index (χ4v) is 3.94. The smallest absolute Gasteiger partial charge is 0.257 e. The van der Waals surface area contributed by atoms with E-state index in [1.807, 2.05) is 58.2 Å². The molecule has 1 aromatic heterocycles. The Morgan fingerprint density at radius 2 is 1.69 bits per heavy atom. The van der Waals surface area contributed by atoms with E-state index in [0.717, 1.165) is 11.1 Å². The van der Waals surface area contributed by atoms with Gasteiger partial charge < -0.3 is 10.2 Å². The van der Waals surface area contributed by atoms with Crippen molar-refractivity contribution in [3.63, 3.8) is 0 Å². The molecule has 0 atom stereocenters. The van der Waals surface area contributed by atoms with Crippen LogP contribution in [-0.4, -0.2) is 71.2 Å². The average molecular weight is 452 g/mol. The number of carbonyl (C=O) groups excluding carboxylic acids is 2. The largest absolute Gasteiger partial charge is 0.358 e. The Bertz CT molecular complexity index is 1070. The van der Waals surface area contributed by atoms with Gasteiger partial charge in [-0.15, -0.1) is 0 Å². The first-order chi connectivity index (χ1) is 15.5. The quantitative estimate of drug-likeness (QED) is 0.625. The van der Waals surface area contributed by atoms with Gasteiger partial charge in [0.2, 0.25) is 5.91 Å². The SMILES string of the molecule is CNC(=O)CN1CCN(C(=O)c2cn(Cc3ccccc3)nc2-c2ccc(Cl)cc2)CC1. The molecular formula is C24H26ClN5O2. The molecule has 2 aromatic carbocycles. The lowest BCUT2D eigenvalue weighted by atomic mass is 10.1. The molecule has 2 heterocycles. The second-order valence-electron chi connectivity index (χ2n) is 7.82. The highest BCUT2D eigenvalue weighted by atomic mass is 35.5. The third-order valence-corrected chi connectivity index (χ3v) is 5.85. The number of likely N-dealkylation sites (N-methyl/N-ethyl adjacent to an activating group) is 1. The summed E-state index contributed by atoms with van der Waals surface area (Å²) < 4.78 is 1.81. The maximum Gasteiger partial charge on any atom is 0.257 e. The summed E-state index contributed by atoms with van der Waals surface area (Å²) in [4.78, 5) is 29.0. The van der Waals surface area contributed by atoms with E-state index in [1.165, 1.54) is 0 Å². The highest BCUT2D eigenvalue weighted by molar-refractivity contribution is 6.30. The number of hydrogen-bond donors (Lipinski definition) is 1. The molecule has 0 unspecified atom stereocenters. The van der Waals surface area contributed by atoms with Crippen molar-refractivity contribution >= 4 is 23.4 Å². The van der Waals surface area contributed by atoms with Gasteiger partial charge in [0.05, 0.1) is 18.7 Å². The molecule has 1 N–H and O–H groups in total. The lowest BCUT2D eigenvalue weighted by Gasteiger charge is -2.34. The Balaban J connectivity index is 1.56. The third kappa shape index (κ3) is 5.18. The van der Waals surface area contributed by atoms with E-state index in [9.17, 15) is 9.59 Å². The van der Waals surface area contributed by atoms with Gasteiger partial charge in [-0.3, -0.25) is 19.2 Å². The van der Waals surface area contributed by atoms with Gasteiger partial charge in [0, 0.05) is 50.0 Å². The van der Waals surface area contributed by atoms with E-state index < -0.39 is 0 Å². The van der Waals surface area contributed by atoms with E-state index >= 15 is 0 Å². The molecule has 3 aromatic rings. The van der Waals surface area contributed by atoms with Crippen molar-refractivity contribution in [3.8, 4) is 11.3 Å². The summed E-state index contributed by atoms with van der Waals surface area (Å²) in [6.07, 6.45) is 1.83. The van der Waals surface area contributed by atoms with E-state index in [2.05, 4.69) is 10.2 Å². The molecule has 1 aliphatic rings. The number of nitrogens with zero attached hydrogens (tertiary/aromatic N) is 4. The van der Waals surface area contributed by atoms with E-state index in [1.54, 1.807) is 19.2 Å². The molecule has 0 radical (unpaired) electrons. The molecular weight excluding hydrogens is 426 g/mol. The van der Waals surface area contributed by atoms with Crippen LogP contribution in [0.3, 0.4) is 0 Å². The van der Waals surface area contributed by atoms with Crippen LogP contribution < -0.4 is 5.32 Å². The maximum atomic E-state index is 13.5. The number of halogens is 1. The van der Waals surface area contributed by atoms with Gasteiger partial charge in [0.15, 0.2) is 0 Å². The van der Waals surface area contributed by atoms with Crippen molar-refractivity contribution < 1.29 is 9.59 Å². The molecule has 166 valence electrons. The third-order valence-electron chi connectivity index (χ3n) is 5.60. The van der Waals surface area contributed by atoms with Crippen LogP contribution in [0.5, 0.6) is 0 Å². The van der Waals surface area contributed by atoms with Crippen LogP contribution in [0.25, 0.3) is 11.3 Å². The summed E-state index contributed by atoms with van der Waals surface area (Å²) in [5, 5.41) is 8.03. The van der Waals surface area contributed by atoms with Crippen LogP contribution in [-0.2, 0) is 11.3 Å². The molecule has 1 saturated heterocycles. The van der Waals surface area contributed by atoms with E-state index in [-0.39, 0.29) is 11.8 Å². The Labute approximate surface area is 192 Å². The molecule has 32 heavy (non-hydrogen) atoms. The summed E-state index contributed by atoms with van der Waals surface area (Å²) >= 11 is 6.06. The van der Waals surface area contributed by atoms with Crippen LogP contribution in [0.1, 0.15) is 15.9 Å². The zero-order valence-corrected chi connectivity index (χ0v) is 18.8. The minimum absolute atomic E-state index is 0.0167. The predicted molar refractivity (Wildman–Crippen MR) is 125 cm³/mol. The Hall–Kier alpha value is -3.16. The first kappa shape index (κ1) is 22.0. The van der Waals surface area contributed by atoms with E-state index in [4.69, 9.17) is 16.7 Å². The van der Waals surface area contributed by atoms with Gasteiger partial charge in [-0.2, -0.15) is 5.10 Å². The number of amides is 2. The zero-order valence-electron chi connectivity index (χ0n) is 18.0. The lowest BCUT2D eigenvalue weighted by Crippen LogP contribution is -2.50. The second-order valence-corrected chi connectivity index (χ2v) is 8.26. The van der Waals surface area contributed by atoms with Crippen molar-refractivity contribution in [2.75, 3.05) is 39.8 Å². The molecule has 2 amide bonds. The number of aromatic nitrogens is 2. The maximum absolute atomic E-state index is 13.5. The van der Waals surface area contributed by atoms with Gasteiger partial charge in [0.25, 0.3) is 5.91 Å². The van der Waals surface area contributed by atoms with Crippen molar-refractivity contribution in [1.29, 1.82) is 0 Å². The van der Waals surface area contributed by atoms with Gasteiger partial charge in [0.1, 0.15) is 5.69 Å². The van der Waals surface area contributed by atoms with Crippen molar-refractivity contribution in [1.82, 2.24) is 24.9 Å². The molecule has 7 nitrogen and oxygen atoms in total. The first-order valence-corrected chi connectivity index (χ1v) is 11.0. The van der Waals surface area contributed by atoms with Crippen LogP contribution in [0.15, 0.2) is 60.8 Å². The van der Waals surface area contributed by atoms with Gasteiger partial charge in [-0.1, -0.05) is 54.1 Å². The molecule has 0 spiro atoms. The lowest BCUT2D eigenvalue weighted by molar-refractivity contribution is -0.122. The summed E-state index contributed by atoms with van der Waals surface area (Å²) in [5.74, 6) is -0.0640. The number of piperazine rings is 1. The first-order valence-electron chi connectivity index (χ1n) is 10.6. The number of rotatable bonds is 6. The summed E-state index contributed by atoms with van der Waals surface area (Å²) in [6.45, 7) is 3.39. The normalized spacial score (nSPS) is 14.4. The topological polar surface area (TPSA) is 70.5 Å². The molecule has 1 aliphatic heterocycles. The molecule has 0 saturated carbocycles. The Morgan fingerprint density at radius 3 is 2.34 bits per heavy atom. The monoisotopic (exact) mass is 451 g/mol. The van der Waals surface area contributed by atoms with Crippen LogP contribution >= 0.6 is 11.6 Å². The molecule has 8 heteroatoms. The second kappa shape index (κ2) is 9.97. The Kier molecular flexibility index (Phi) is 6.87. The minimum Gasteiger partial charge on any atom is -0.358 e. The number of nitrogens with one attached hydrogen (secondary N) is 1. The molecule has 0 aliphatic carbocycles. The highest BCUT2D eigenvalue weighted by Crippen LogP contribution is 2.26. The summed E-state index contributed by atoms with van der Waals surface area (Å²) in [5.41, 5.74) is 3.18. The number of carbonyl (C=O) groups is 2. The predicted octanol–water partition coefficient (Wildman–Crippen LogP) is 2.76. The van der Waals surface area contributed by atoms with Crippen LogP contribution in [0.4, 0.5) is 0 Å². The number of benzene rings is 2. The van der Waals surface area contributed by atoms with Gasteiger partial charge in [-0.05, 0) is 17.7 Å². The fraction of sp³-hybridized carbons (Fsp3) is 0.292. The van der Waals surface area contributed by atoms with Crippen LogP contribution in [0, 0.1) is 0 Å². The zero-order chi connectivity index (χ0) is 22.5. The molecule has 4 rings (SSSR count). The minimum atomic E-state index is -0.0474. The molecule has 1 fully saturated rings. The average Bonchev–Trinajstić information content (AvgIpc) is 3.23. The molecule has 0 bridgehead atoms. The van der Waals surface area contributed by atoms with Crippen molar-refractivity contribution in [2.24, 2.45) is 0 Å². The highest BCUT2D eigenvalue weighted by Gasteiger charge is 2.27. The van der Waals surface area contributed by atoms with Crippen molar-refractivity contribution in [2.45, 2.75) is 6.54 Å². The fourth-order valence-electron chi connectivity index (χ4n) is 3.81.